The van der Waals surface area contributed by atoms with E-state index in [4.69, 9.17) is 23.2 Å². The van der Waals surface area contributed by atoms with Gasteiger partial charge in [-0.1, -0.05) is 36.4 Å². The van der Waals surface area contributed by atoms with Crippen molar-refractivity contribution in [3.05, 3.63) is 40.9 Å². The molecular weight excluding hydrogens is 179 g/mol. The molecule has 0 radical (unpaired) electrons. The lowest BCUT2D eigenvalue weighted by Gasteiger charge is -1.99. The van der Waals surface area contributed by atoms with Gasteiger partial charge in [-0.25, -0.2) is 0 Å². The summed E-state index contributed by atoms with van der Waals surface area (Å²) in [5.74, 6) is 0.455. The van der Waals surface area contributed by atoms with Crippen LogP contribution in [0.2, 0.25) is 5.02 Å². The summed E-state index contributed by atoms with van der Waals surface area (Å²) in [5.41, 5.74) is 1.97. The van der Waals surface area contributed by atoms with Crippen molar-refractivity contribution < 1.29 is 0 Å². The summed E-state index contributed by atoms with van der Waals surface area (Å²) in [5, 5.41) is 0.706. The third-order valence-corrected chi connectivity index (χ3v) is 2.10. The molecule has 0 unspecified atom stereocenters. The molecule has 0 aliphatic heterocycles. The zero-order chi connectivity index (χ0) is 8.27. The number of alkyl halides is 1. The molecule has 0 saturated heterocycles. The van der Waals surface area contributed by atoms with Crippen LogP contribution in [0, 0.1) is 0 Å². The zero-order valence-electron chi connectivity index (χ0n) is 5.98. The van der Waals surface area contributed by atoms with Gasteiger partial charge in [0.15, 0.2) is 0 Å². The molecule has 11 heavy (non-hydrogen) atoms. The Bertz CT molecular complexity index is 266. The molecule has 0 fully saturated rings. The van der Waals surface area contributed by atoms with Crippen LogP contribution in [0.4, 0.5) is 0 Å². The Morgan fingerprint density at radius 3 is 2.64 bits per heavy atom. The molecule has 0 aliphatic rings. The molecule has 0 spiro atoms. The fourth-order valence-corrected chi connectivity index (χ4v) is 1.36. The monoisotopic (exact) mass is 186 g/mol. The summed E-state index contributed by atoms with van der Waals surface area (Å²) >= 11 is 11.5. The number of rotatable bonds is 2. The van der Waals surface area contributed by atoms with E-state index in [2.05, 4.69) is 6.58 Å². The summed E-state index contributed by atoms with van der Waals surface area (Å²) in [4.78, 5) is 0. The van der Waals surface area contributed by atoms with E-state index in [1.165, 1.54) is 0 Å². The fourth-order valence-electron chi connectivity index (χ4n) is 0.799. The lowest BCUT2D eigenvalue weighted by Crippen LogP contribution is -1.80. The normalized spacial score (nSPS) is 9.64. The predicted octanol–water partition coefficient (Wildman–Crippen LogP) is 3.72. The minimum Gasteiger partial charge on any atom is -0.121 e. The van der Waals surface area contributed by atoms with Crippen LogP contribution in [0.5, 0.6) is 0 Å². The molecule has 0 heterocycles. The molecule has 0 atom stereocenters. The molecule has 0 aliphatic carbocycles. The smallest absolute Gasteiger partial charge is 0.0488 e. The zero-order valence-corrected chi connectivity index (χ0v) is 7.49. The van der Waals surface area contributed by atoms with Crippen molar-refractivity contribution in [3.63, 3.8) is 0 Å². The molecular formula is C9H8Cl2. The van der Waals surface area contributed by atoms with Gasteiger partial charge in [0.1, 0.15) is 0 Å². The predicted molar refractivity (Wildman–Crippen MR) is 51.1 cm³/mol. The van der Waals surface area contributed by atoms with E-state index in [1.54, 1.807) is 6.08 Å². The van der Waals surface area contributed by atoms with Crippen molar-refractivity contribution in [2.45, 2.75) is 5.88 Å². The van der Waals surface area contributed by atoms with Crippen LogP contribution in [-0.2, 0) is 5.88 Å². The van der Waals surface area contributed by atoms with Gasteiger partial charge in [-0.3, -0.25) is 0 Å². The average Bonchev–Trinajstić information content (AvgIpc) is 2.04. The second kappa shape index (κ2) is 3.80. The average molecular weight is 187 g/mol. The maximum Gasteiger partial charge on any atom is 0.0488 e. The number of halogens is 2. The highest BCUT2D eigenvalue weighted by Crippen LogP contribution is 2.19. The summed E-state index contributed by atoms with van der Waals surface area (Å²) in [6, 6.07) is 5.70. The van der Waals surface area contributed by atoms with Crippen LogP contribution in [0.15, 0.2) is 24.8 Å². The molecule has 2 heteroatoms. The Hall–Kier alpha value is -0.460. The van der Waals surface area contributed by atoms with Gasteiger partial charge in [-0.05, 0) is 17.2 Å². The van der Waals surface area contributed by atoms with Gasteiger partial charge in [-0.2, -0.15) is 0 Å². The van der Waals surface area contributed by atoms with Gasteiger partial charge in [-0.15, -0.1) is 11.6 Å². The van der Waals surface area contributed by atoms with Crippen LogP contribution in [0.1, 0.15) is 11.1 Å². The Morgan fingerprint density at radius 2 is 2.18 bits per heavy atom. The molecule has 0 amide bonds. The molecule has 0 bridgehead atoms. The van der Waals surface area contributed by atoms with Crippen molar-refractivity contribution >= 4 is 29.3 Å². The van der Waals surface area contributed by atoms with Gasteiger partial charge in [0.25, 0.3) is 0 Å². The lowest BCUT2D eigenvalue weighted by molar-refractivity contribution is 1.40. The topological polar surface area (TPSA) is 0 Å². The van der Waals surface area contributed by atoms with Crippen LogP contribution in [0.25, 0.3) is 6.08 Å². The largest absolute Gasteiger partial charge is 0.121 e. The first-order valence-corrected chi connectivity index (χ1v) is 4.16. The molecule has 0 saturated carbocycles. The maximum absolute atomic E-state index is 5.88. The summed E-state index contributed by atoms with van der Waals surface area (Å²) in [6.07, 6.45) is 1.75. The van der Waals surface area contributed by atoms with Gasteiger partial charge in [0, 0.05) is 10.9 Å². The molecule has 0 aromatic heterocycles. The quantitative estimate of drug-likeness (QED) is 0.619. The molecule has 58 valence electrons. The highest BCUT2D eigenvalue weighted by molar-refractivity contribution is 6.32. The van der Waals surface area contributed by atoms with Crippen molar-refractivity contribution in [2.24, 2.45) is 0 Å². The number of benzene rings is 1. The summed E-state index contributed by atoms with van der Waals surface area (Å²) in [6.45, 7) is 3.64. The SMILES string of the molecule is C=Cc1ccc(CCl)c(Cl)c1. The minimum atomic E-state index is 0.455. The molecule has 1 aromatic carbocycles. The molecule has 1 rings (SSSR count). The van der Waals surface area contributed by atoms with E-state index >= 15 is 0 Å². The number of hydrogen-bond donors (Lipinski definition) is 0. The lowest BCUT2D eigenvalue weighted by atomic mass is 10.1. The Labute approximate surface area is 76.4 Å². The van der Waals surface area contributed by atoms with Gasteiger partial charge in [0.2, 0.25) is 0 Å². The van der Waals surface area contributed by atoms with Gasteiger partial charge in [0.05, 0.1) is 0 Å². The Balaban J connectivity index is 3.09. The van der Waals surface area contributed by atoms with Crippen molar-refractivity contribution in [1.82, 2.24) is 0 Å². The highest BCUT2D eigenvalue weighted by atomic mass is 35.5. The standard InChI is InChI=1S/C9H8Cl2/c1-2-7-3-4-8(6-10)9(11)5-7/h2-5H,1,6H2. The first-order chi connectivity index (χ1) is 5.27. The van der Waals surface area contributed by atoms with Crippen molar-refractivity contribution in [1.29, 1.82) is 0 Å². The van der Waals surface area contributed by atoms with E-state index in [0.29, 0.717) is 10.9 Å². The first kappa shape index (κ1) is 8.63. The van der Waals surface area contributed by atoms with Crippen LogP contribution in [0.3, 0.4) is 0 Å². The third kappa shape index (κ3) is 1.98. The fraction of sp³-hybridized carbons (Fsp3) is 0.111. The van der Waals surface area contributed by atoms with Crippen LogP contribution in [-0.4, -0.2) is 0 Å². The van der Waals surface area contributed by atoms with Crippen molar-refractivity contribution in [2.75, 3.05) is 0 Å². The highest BCUT2D eigenvalue weighted by Gasteiger charge is 1.97. The molecule has 0 nitrogen and oxygen atoms in total. The van der Waals surface area contributed by atoms with Crippen LogP contribution < -0.4 is 0 Å². The minimum absolute atomic E-state index is 0.455. The summed E-state index contributed by atoms with van der Waals surface area (Å²) in [7, 11) is 0. The van der Waals surface area contributed by atoms with E-state index < -0.39 is 0 Å². The Kier molecular flexibility index (Phi) is 2.98. The van der Waals surface area contributed by atoms with E-state index in [-0.39, 0.29) is 0 Å². The van der Waals surface area contributed by atoms with Gasteiger partial charge >= 0.3 is 0 Å². The van der Waals surface area contributed by atoms with Crippen molar-refractivity contribution in [3.8, 4) is 0 Å². The second-order valence-electron chi connectivity index (χ2n) is 2.19. The number of hydrogen-bond acceptors (Lipinski definition) is 0. The van der Waals surface area contributed by atoms with E-state index in [9.17, 15) is 0 Å². The molecule has 0 N–H and O–H groups in total. The maximum atomic E-state index is 5.88. The van der Waals surface area contributed by atoms with Gasteiger partial charge < -0.3 is 0 Å². The van der Waals surface area contributed by atoms with Crippen LogP contribution >= 0.6 is 23.2 Å². The van der Waals surface area contributed by atoms with E-state index in [0.717, 1.165) is 11.1 Å². The molecule has 1 aromatic rings. The third-order valence-electron chi connectivity index (χ3n) is 1.46. The Morgan fingerprint density at radius 1 is 1.45 bits per heavy atom. The van der Waals surface area contributed by atoms with E-state index in [1.807, 2.05) is 18.2 Å². The second-order valence-corrected chi connectivity index (χ2v) is 2.86. The first-order valence-electron chi connectivity index (χ1n) is 3.24. The summed E-state index contributed by atoms with van der Waals surface area (Å²) < 4.78 is 0.